The van der Waals surface area contributed by atoms with E-state index in [1.807, 2.05) is 0 Å². The topological polar surface area (TPSA) is 101 Å². The maximum absolute atomic E-state index is 13.4. The molecule has 0 amide bonds. The van der Waals surface area contributed by atoms with E-state index in [1.165, 1.54) is 6.92 Å². The first-order chi connectivity index (χ1) is 8.90. The van der Waals surface area contributed by atoms with Crippen molar-refractivity contribution >= 4 is 10.0 Å². The third-order valence-electron chi connectivity index (χ3n) is 2.26. The van der Waals surface area contributed by atoms with Crippen molar-refractivity contribution in [3.05, 3.63) is 35.7 Å². The van der Waals surface area contributed by atoms with Gasteiger partial charge in [-0.15, -0.1) is 10.2 Å². The van der Waals surface area contributed by atoms with E-state index >= 15 is 0 Å². The monoisotopic (exact) mass is 289 g/mol. The summed E-state index contributed by atoms with van der Waals surface area (Å²) in [7, 11) is -4.15. The zero-order valence-corrected chi connectivity index (χ0v) is 10.4. The second-order valence-corrected chi connectivity index (χ2v) is 5.37. The van der Waals surface area contributed by atoms with Crippen molar-refractivity contribution in [1.29, 1.82) is 0 Å². The zero-order valence-electron chi connectivity index (χ0n) is 9.63. The molecule has 1 aromatic carbocycles. The summed E-state index contributed by atoms with van der Waals surface area (Å²) in [5, 5.41) is 12.7. The first-order valence-electron chi connectivity index (χ1n) is 5.11. The third-order valence-corrected chi connectivity index (χ3v) is 3.84. The van der Waals surface area contributed by atoms with Crippen molar-refractivity contribution < 1.29 is 17.2 Å². The highest BCUT2D eigenvalue weighted by molar-refractivity contribution is 7.89. The summed E-state index contributed by atoms with van der Waals surface area (Å²) in [5.74, 6) is -1.93. The molecule has 102 valence electrons. The Morgan fingerprint density at radius 3 is 2.68 bits per heavy atom. The SMILES string of the molecule is CC(NS(=O)(=O)c1ccc(F)cc1F)c1nn[nH]n1. The third kappa shape index (κ3) is 2.90. The molecule has 10 heteroatoms. The van der Waals surface area contributed by atoms with Gasteiger partial charge in [0.15, 0.2) is 5.82 Å². The highest BCUT2D eigenvalue weighted by atomic mass is 32.2. The summed E-state index contributed by atoms with van der Waals surface area (Å²) >= 11 is 0. The fourth-order valence-corrected chi connectivity index (χ4v) is 2.66. The van der Waals surface area contributed by atoms with Crippen LogP contribution in [-0.2, 0) is 10.0 Å². The molecule has 2 rings (SSSR count). The maximum atomic E-state index is 13.4. The first-order valence-corrected chi connectivity index (χ1v) is 6.59. The van der Waals surface area contributed by atoms with Gasteiger partial charge in [0.1, 0.15) is 16.5 Å². The predicted molar refractivity (Wildman–Crippen MR) is 59.3 cm³/mol. The van der Waals surface area contributed by atoms with Gasteiger partial charge in [-0.2, -0.15) is 5.21 Å². The molecule has 0 saturated heterocycles. The number of benzene rings is 1. The van der Waals surface area contributed by atoms with Gasteiger partial charge in [0.05, 0.1) is 6.04 Å². The highest BCUT2D eigenvalue weighted by Gasteiger charge is 2.24. The smallest absolute Gasteiger partial charge is 0.207 e. The largest absolute Gasteiger partial charge is 0.244 e. The Bertz CT molecular complexity index is 674. The van der Waals surface area contributed by atoms with Gasteiger partial charge in [0, 0.05) is 6.07 Å². The fraction of sp³-hybridized carbons (Fsp3) is 0.222. The van der Waals surface area contributed by atoms with Crippen LogP contribution in [0.5, 0.6) is 0 Å². The number of H-pyrrole nitrogens is 1. The molecule has 19 heavy (non-hydrogen) atoms. The molecule has 1 atom stereocenters. The van der Waals surface area contributed by atoms with Crippen LogP contribution in [0.15, 0.2) is 23.1 Å². The lowest BCUT2D eigenvalue weighted by Gasteiger charge is -2.11. The number of nitrogens with one attached hydrogen (secondary N) is 2. The van der Waals surface area contributed by atoms with Crippen molar-refractivity contribution in [2.45, 2.75) is 17.9 Å². The Morgan fingerprint density at radius 1 is 1.37 bits per heavy atom. The number of rotatable bonds is 4. The van der Waals surface area contributed by atoms with E-state index in [1.54, 1.807) is 0 Å². The Kier molecular flexibility index (Phi) is 3.53. The molecule has 1 aromatic heterocycles. The van der Waals surface area contributed by atoms with Gasteiger partial charge >= 0.3 is 0 Å². The number of tetrazole rings is 1. The minimum atomic E-state index is -4.15. The molecule has 2 aromatic rings. The van der Waals surface area contributed by atoms with Gasteiger partial charge in [-0.1, -0.05) is 5.21 Å². The molecule has 2 N–H and O–H groups in total. The molecule has 1 heterocycles. The van der Waals surface area contributed by atoms with Crippen LogP contribution in [-0.4, -0.2) is 29.0 Å². The van der Waals surface area contributed by atoms with E-state index in [-0.39, 0.29) is 5.82 Å². The lowest BCUT2D eigenvalue weighted by Crippen LogP contribution is -2.28. The molecular weight excluding hydrogens is 280 g/mol. The number of hydrogen-bond acceptors (Lipinski definition) is 5. The van der Waals surface area contributed by atoms with E-state index in [0.29, 0.717) is 6.07 Å². The lowest BCUT2D eigenvalue weighted by atomic mass is 10.3. The minimum Gasteiger partial charge on any atom is -0.207 e. The summed E-state index contributed by atoms with van der Waals surface area (Å²) in [6, 6.07) is 1.38. The normalized spacial score (nSPS) is 13.4. The van der Waals surface area contributed by atoms with Gasteiger partial charge in [-0.25, -0.2) is 21.9 Å². The summed E-state index contributed by atoms with van der Waals surface area (Å²) < 4.78 is 52.1. The van der Waals surface area contributed by atoms with Crippen LogP contribution in [0.25, 0.3) is 0 Å². The second-order valence-electron chi connectivity index (χ2n) is 3.69. The summed E-state index contributed by atoms with van der Waals surface area (Å²) in [5.41, 5.74) is 0. The molecule has 0 spiro atoms. The summed E-state index contributed by atoms with van der Waals surface area (Å²) in [6.07, 6.45) is 0. The summed E-state index contributed by atoms with van der Waals surface area (Å²) in [4.78, 5) is -0.649. The van der Waals surface area contributed by atoms with E-state index in [0.717, 1.165) is 12.1 Å². The van der Waals surface area contributed by atoms with Crippen LogP contribution < -0.4 is 4.72 Å². The molecule has 0 aliphatic carbocycles. The molecule has 0 fully saturated rings. The Labute approximate surface area is 107 Å². The average Bonchev–Trinajstić information content (AvgIpc) is 2.80. The van der Waals surface area contributed by atoms with E-state index in [9.17, 15) is 17.2 Å². The molecule has 0 bridgehead atoms. The van der Waals surface area contributed by atoms with Crippen LogP contribution in [0.1, 0.15) is 18.8 Å². The van der Waals surface area contributed by atoms with Crippen LogP contribution in [0, 0.1) is 11.6 Å². The lowest BCUT2D eigenvalue weighted by molar-refractivity contribution is 0.533. The standard InChI is InChI=1S/C9H9F2N5O2S/c1-5(9-12-15-16-13-9)14-19(17,18)8-3-2-6(10)4-7(8)11/h2-5,14H,1H3,(H,12,13,15,16). The number of aromatic amines is 1. The molecule has 0 aliphatic heterocycles. The molecule has 7 nitrogen and oxygen atoms in total. The Hall–Kier alpha value is -1.94. The Balaban J connectivity index is 2.28. The molecule has 0 radical (unpaired) electrons. The van der Waals surface area contributed by atoms with Crippen LogP contribution in [0.3, 0.4) is 0 Å². The van der Waals surface area contributed by atoms with Crippen molar-refractivity contribution in [2.24, 2.45) is 0 Å². The first kappa shape index (κ1) is 13.5. The van der Waals surface area contributed by atoms with Crippen molar-refractivity contribution in [3.8, 4) is 0 Å². The van der Waals surface area contributed by atoms with Gasteiger partial charge in [-0.3, -0.25) is 0 Å². The number of aromatic nitrogens is 4. The quantitative estimate of drug-likeness (QED) is 0.854. The van der Waals surface area contributed by atoms with E-state index < -0.39 is 32.6 Å². The predicted octanol–water partition coefficient (Wildman–Crippen LogP) is 0.517. The Morgan fingerprint density at radius 2 is 2.11 bits per heavy atom. The van der Waals surface area contributed by atoms with Crippen molar-refractivity contribution in [2.75, 3.05) is 0 Å². The van der Waals surface area contributed by atoms with Gasteiger partial charge in [0.25, 0.3) is 0 Å². The number of nitrogens with zero attached hydrogens (tertiary/aromatic N) is 3. The van der Waals surface area contributed by atoms with Crippen molar-refractivity contribution in [3.63, 3.8) is 0 Å². The average molecular weight is 289 g/mol. The van der Waals surface area contributed by atoms with Crippen molar-refractivity contribution in [1.82, 2.24) is 25.3 Å². The second kappa shape index (κ2) is 4.97. The molecule has 0 aliphatic rings. The minimum absolute atomic E-state index is 0.103. The van der Waals surface area contributed by atoms with E-state index in [2.05, 4.69) is 25.3 Å². The molecule has 1 unspecified atom stereocenters. The summed E-state index contributed by atoms with van der Waals surface area (Å²) in [6.45, 7) is 1.46. The maximum Gasteiger partial charge on any atom is 0.244 e. The van der Waals surface area contributed by atoms with Crippen LogP contribution >= 0.6 is 0 Å². The van der Waals surface area contributed by atoms with E-state index in [4.69, 9.17) is 0 Å². The molecule has 0 saturated carbocycles. The van der Waals surface area contributed by atoms with Gasteiger partial charge < -0.3 is 0 Å². The van der Waals surface area contributed by atoms with Gasteiger partial charge in [-0.05, 0) is 19.1 Å². The number of halogens is 2. The van der Waals surface area contributed by atoms with Crippen LogP contribution in [0.2, 0.25) is 0 Å². The highest BCUT2D eigenvalue weighted by Crippen LogP contribution is 2.17. The number of sulfonamides is 1. The fourth-order valence-electron chi connectivity index (χ4n) is 1.40. The number of hydrogen-bond donors (Lipinski definition) is 2. The van der Waals surface area contributed by atoms with Gasteiger partial charge in [0.2, 0.25) is 10.0 Å². The zero-order chi connectivity index (χ0) is 14.0. The van der Waals surface area contributed by atoms with Crippen LogP contribution in [0.4, 0.5) is 8.78 Å². The molecular formula is C9H9F2N5O2S.